The molecule has 108 valence electrons. The van der Waals surface area contributed by atoms with E-state index in [2.05, 4.69) is 24.9 Å². The van der Waals surface area contributed by atoms with Gasteiger partial charge in [0.15, 0.2) is 0 Å². The summed E-state index contributed by atoms with van der Waals surface area (Å²) in [5, 5.41) is 0.781. The molecule has 0 fully saturated rings. The quantitative estimate of drug-likeness (QED) is 0.797. The summed E-state index contributed by atoms with van der Waals surface area (Å²) in [5.41, 5.74) is 6.83. The molecule has 0 radical (unpaired) electrons. The summed E-state index contributed by atoms with van der Waals surface area (Å²) >= 11 is 6.06. The zero-order valence-electron chi connectivity index (χ0n) is 12.1. The van der Waals surface area contributed by atoms with Gasteiger partial charge in [0.2, 0.25) is 0 Å². The Hall–Kier alpha value is -0.610. The van der Waals surface area contributed by atoms with Crippen molar-refractivity contribution >= 4 is 11.6 Å². The Labute approximate surface area is 121 Å². The van der Waals surface area contributed by atoms with E-state index in [0.29, 0.717) is 12.1 Å². The molecule has 0 aliphatic carbocycles. The lowest BCUT2D eigenvalue weighted by Gasteiger charge is -2.33. The first-order valence-corrected chi connectivity index (χ1v) is 7.14. The Morgan fingerprint density at radius 2 is 2.16 bits per heavy atom. The molecule has 0 heterocycles. The number of nitrogens with zero attached hydrogens (tertiary/aromatic N) is 1. The molecular formula is C15H25ClN2O. The molecule has 0 aliphatic heterocycles. The van der Waals surface area contributed by atoms with Gasteiger partial charge in [-0.2, -0.15) is 0 Å². The molecule has 0 saturated heterocycles. The van der Waals surface area contributed by atoms with Crippen LogP contribution in [0.1, 0.15) is 31.4 Å². The summed E-state index contributed by atoms with van der Waals surface area (Å²) in [6.07, 6.45) is 2.06. The minimum Gasteiger partial charge on any atom is -0.383 e. The second-order valence-electron chi connectivity index (χ2n) is 4.94. The third kappa shape index (κ3) is 5.11. The van der Waals surface area contributed by atoms with E-state index < -0.39 is 0 Å². The second kappa shape index (κ2) is 8.54. The number of benzene rings is 1. The number of hydrogen-bond donors (Lipinski definition) is 1. The topological polar surface area (TPSA) is 38.5 Å². The van der Waals surface area contributed by atoms with E-state index in [1.54, 1.807) is 7.11 Å². The van der Waals surface area contributed by atoms with Crippen LogP contribution in [0.15, 0.2) is 24.3 Å². The van der Waals surface area contributed by atoms with Crippen LogP contribution in [0, 0.1) is 0 Å². The van der Waals surface area contributed by atoms with Gasteiger partial charge in [-0.3, -0.25) is 4.90 Å². The Morgan fingerprint density at radius 3 is 2.74 bits per heavy atom. The molecule has 2 N–H and O–H groups in total. The fraction of sp³-hybridized carbons (Fsp3) is 0.600. The van der Waals surface area contributed by atoms with Gasteiger partial charge in [0.1, 0.15) is 0 Å². The van der Waals surface area contributed by atoms with Gasteiger partial charge in [-0.05, 0) is 51.1 Å². The Morgan fingerprint density at radius 1 is 1.42 bits per heavy atom. The lowest BCUT2D eigenvalue weighted by molar-refractivity contribution is 0.0785. The number of hydrogen-bond acceptors (Lipinski definition) is 3. The molecule has 0 amide bonds. The molecule has 19 heavy (non-hydrogen) atoms. The summed E-state index contributed by atoms with van der Waals surface area (Å²) in [7, 11) is 3.87. The summed E-state index contributed by atoms with van der Waals surface area (Å²) in [6, 6.07) is 8.71. The van der Waals surface area contributed by atoms with Gasteiger partial charge in [0, 0.05) is 24.2 Å². The molecule has 1 aromatic carbocycles. The monoisotopic (exact) mass is 284 g/mol. The van der Waals surface area contributed by atoms with Crippen molar-refractivity contribution < 1.29 is 4.74 Å². The van der Waals surface area contributed by atoms with Crippen LogP contribution in [0.5, 0.6) is 0 Å². The lowest BCUT2D eigenvalue weighted by Crippen LogP contribution is -2.37. The Bertz CT molecular complexity index is 373. The smallest absolute Gasteiger partial charge is 0.0618 e. The standard InChI is InChI=1S/C15H25ClN2O/c1-12(13-6-4-7-14(16)10-13)18(2)15(11-19-3)8-5-9-17/h4,6-7,10,12,15H,5,8-9,11,17H2,1-3H3. The van der Waals surface area contributed by atoms with Gasteiger partial charge < -0.3 is 10.5 Å². The molecule has 2 unspecified atom stereocenters. The predicted molar refractivity (Wildman–Crippen MR) is 81.6 cm³/mol. The molecule has 0 aromatic heterocycles. The molecule has 4 heteroatoms. The summed E-state index contributed by atoms with van der Waals surface area (Å²) in [6.45, 7) is 3.64. The molecule has 2 atom stereocenters. The number of methoxy groups -OCH3 is 1. The molecule has 0 saturated carbocycles. The molecular weight excluding hydrogens is 260 g/mol. The minimum absolute atomic E-state index is 0.302. The first-order valence-electron chi connectivity index (χ1n) is 6.76. The molecule has 3 nitrogen and oxygen atoms in total. The van der Waals surface area contributed by atoms with Crippen LogP contribution >= 0.6 is 11.6 Å². The fourth-order valence-electron chi connectivity index (χ4n) is 2.27. The largest absolute Gasteiger partial charge is 0.383 e. The van der Waals surface area contributed by atoms with Crippen molar-refractivity contribution in [1.82, 2.24) is 4.90 Å². The number of nitrogens with two attached hydrogens (primary N) is 1. The van der Waals surface area contributed by atoms with Crippen molar-refractivity contribution in [3.05, 3.63) is 34.9 Å². The van der Waals surface area contributed by atoms with Crippen LogP contribution in [-0.4, -0.2) is 38.3 Å². The van der Waals surface area contributed by atoms with E-state index in [-0.39, 0.29) is 0 Å². The van der Waals surface area contributed by atoms with E-state index in [9.17, 15) is 0 Å². The van der Waals surface area contributed by atoms with Crippen molar-refractivity contribution in [2.75, 3.05) is 27.3 Å². The normalized spacial score (nSPS) is 14.6. The highest BCUT2D eigenvalue weighted by Gasteiger charge is 2.20. The Balaban J connectivity index is 2.74. The molecule has 0 spiro atoms. The number of ether oxygens (including phenoxy) is 1. The van der Waals surface area contributed by atoms with Crippen molar-refractivity contribution in [1.29, 1.82) is 0 Å². The van der Waals surface area contributed by atoms with Crippen LogP contribution in [0.2, 0.25) is 5.02 Å². The molecule has 1 aromatic rings. The minimum atomic E-state index is 0.302. The molecule has 0 aliphatic rings. The average molecular weight is 285 g/mol. The summed E-state index contributed by atoms with van der Waals surface area (Å²) in [5.74, 6) is 0. The van der Waals surface area contributed by atoms with Gasteiger partial charge in [0.25, 0.3) is 0 Å². The summed E-state index contributed by atoms with van der Waals surface area (Å²) < 4.78 is 5.32. The maximum Gasteiger partial charge on any atom is 0.0618 e. The summed E-state index contributed by atoms with van der Waals surface area (Å²) in [4.78, 5) is 2.34. The fourth-order valence-corrected chi connectivity index (χ4v) is 2.47. The first-order chi connectivity index (χ1) is 9.10. The maximum atomic E-state index is 6.06. The highest BCUT2D eigenvalue weighted by Crippen LogP contribution is 2.24. The van der Waals surface area contributed by atoms with Crippen molar-refractivity contribution in [2.24, 2.45) is 5.73 Å². The van der Waals surface area contributed by atoms with Gasteiger partial charge >= 0.3 is 0 Å². The predicted octanol–water partition coefficient (Wildman–Crippen LogP) is 3.09. The lowest BCUT2D eigenvalue weighted by atomic mass is 10.0. The highest BCUT2D eigenvalue weighted by molar-refractivity contribution is 6.30. The Kier molecular flexibility index (Phi) is 7.39. The van der Waals surface area contributed by atoms with Crippen molar-refractivity contribution in [2.45, 2.75) is 31.8 Å². The second-order valence-corrected chi connectivity index (χ2v) is 5.37. The average Bonchev–Trinajstić information content (AvgIpc) is 2.42. The zero-order valence-corrected chi connectivity index (χ0v) is 12.9. The van der Waals surface area contributed by atoms with Gasteiger partial charge in [-0.15, -0.1) is 0 Å². The van der Waals surface area contributed by atoms with Crippen LogP contribution < -0.4 is 5.73 Å². The van der Waals surface area contributed by atoms with E-state index in [0.717, 1.165) is 31.0 Å². The number of halogens is 1. The van der Waals surface area contributed by atoms with Crippen LogP contribution in [-0.2, 0) is 4.74 Å². The van der Waals surface area contributed by atoms with Crippen LogP contribution in [0.4, 0.5) is 0 Å². The van der Waals surface area contributed by atoms with E-state index in [1.165, 1.54) is 5.56 Å². The van der Waals surface area contributed by atoms with E-state index in [1.807, 2.05) is 18.2 Å². The van der Waals surface area contributed by atoms with Crippen molar-refractivity contribution in [3.63, 3.8) is 0 Å². The number of likely N-dealkylation sites (N-methyl/N-ethyl adjacent to an activating group) is 1. The first kappa shape index (κ1) is 16.4. The molecule has 0 bridgehead atoms. The van der Waals surface area contributed by atoms with E-state index in [4.69, 9.17) is 22.1 Å². The zero-order chi connectivity index (χ0) is 14.3. The number of rotatable bonds is 8. The van der Waals surface area contributed by atoms with Crippen molar-refractivity contribution in [3.8, 4) is 0 Å². The highest BCUT2D eigenvalue weighted by atomic mass is 35.5. The van der Waals surface area contributed by atoms with Gasteiger partial charge in [-0.1, -0.05) is 23.7 Å². The SMILES string of the molecule is COCC(CCCN)N(C)C(C)c1cccc(Cl)c1. The van der Waals surface area contributed by atoms with Gasteiger partial charge in [0.05, 0.1) is 6.61 Å². The van der Waals surface area contributed by atoms with E-state index >= 15 is 0 Å². The third-order valence-corrected chi connectivity index (χ3v) is 3.85. The van der Waals surface area contributed by atoms with Crippen LogP contribution in [0.3, 0.4) is 0 Å². The molecule has 1 rings (SSSR count). The third-order valence-electron chi connectivity index (χ3n) is 3.62. The van der Waals surface area contributed by atoms with Gasteiger partial charge in [-0.25, -0.2) is 0 Å². The maximum absolute atomic E-state index is 6.06. The van der Waals surface area contributed by atoms with Crippen LogP contribution in [0.25, 0.3) is 0 Å².